The molecule has 0 aliphatic carbocycles. The number of likely N-dealkylation sites (tertiary alicyclic amines) is 1. The Labute approximate surface area is 218 Å². The molecule has 2 fully saturated rings. The van der Waals surface area contributed by atoms with Crippen LogP contribution >= 0.6 is 0 Å². The van der Waals surface area contributed by atoms with E-state index in [1.54, 1.807) is 5.48 Å². The van der Waals surface area contributed by atoms with Gasteiger partial charge in [-0.15, -0.1) is 0 Å². The minimum absolute atomic E-state index is 0.0107. The summed E-state index contributed by atoms with van der Waals surface area (Å²) in [6.07, 6.45) is -3.42. The second-order valence-electron chi connectivity index (χ2n) is 9.71. The standard InChI is InChI=1S/C24H30F3N3O7S/c25-24(26,27)20-4-2-1-3-19(20)17-5-10-30(11-6-17)38(34,35)16-23(21(31)28-33)8-12-29(13-9-23)22(32)37-18-7-14-36-15-18/h1-5,18,33H,6-16H2,(H,28,31)/t18-/m0/s1. The van der Waals surface area contributed by atoms with Crippen molar-refractivity contribution in [1.82, 2.24) is 14.7 Å². The summed E-state index contributed by atoms with van der Waals surface area (Å²) in [5, 5.41) is 9.35. The summed E-state index contributed by atoms with van der Waals surface area (Å²) in [6.45, 7) is 0.697. The summed E-state index contributed by atoms with van der Waals surface area (Å²) in [7, 11) is -4.05. The number of benzene rings is 1. The summed E-state index contributed by atoms with van der Waals surface area (Å²) in [5.74, 6) is -1.49. The van der Waals surface area contributed by atoms with Crippen molar-refractivity contribution in [3.05, 3.63) is 41.5 Å². The van der Waals surface area contributed by atoms with E-state index in [0.29, 0.717) is 25.2 Å². The molecule has 38 heavy (non-hydrogen) atoms. The normalized spacial score (nSPS) is 22.6. The molecule has 3 heterocycles. The van der Waals surface area contributed by atoms with E-state index >= 15 is 0 Å². The quantitative estimate of drug-likeness (QED) is 0.404. The fourth-order valence-electron chi connectivity index (χ4n) is 5.09. The molecule has 2 N–H and O–H groups in total. The van der Waals surface area contributed by atoms with Crippen molar-refractivity contribution in [2.45, 2.75) is 38.0 Å². The predicted molar refractivity (Wildman–Crippen MR) is 128 cm³/mol. The van der Waals surface area contributed by atoms with Gasteiger partial charge >= 0.3 is 12.3 Å². The molecule has 2 saturated heterocycles. The second kappa shape index (κ2) is 11.2. The highest BCUT2D eigenvalue weighted by atomic mass is 32.2. The molecule has 0 radical (unpaired) electrons. The van der Waals surface area contributed by atoms with Crippen LogP contribution in [0, 0.1) is 5.41 Å². The van der Waals surface area contributed by atoms with Crippen LogP contribution in [0.3, 0.4) is 0 Å². The second-order valence-corrected chi connectivity index (χ2v) is 11.7. The van der Waals surface area contributed by atoms with Crippen molar-refractivity contribution >= 4 is 27.6 Å². The first kappa shape index (κ1) is 28.3. The summed E-state index contributed by atoms with van der Waals surface area (Å²) in [4.78, 5) is 26.5. The number of nitrogens with one attached hydrogen (secondary N) is 1. The Balaban J connectivity index is 1.44. The maximum Gasteiger partial charge on any atom is 0.416 e. The van der Waals surface area contributed by atoms with Gasteiger partial charge in [-0.2, -0.15) is 17.5 Å². The first-order valence-electron chi connectivity index (χ1n) is 12.3. The van der Waals surface area contributed by atoms with Gasteiger partial charge in [0, 0.05) is 32.6 Å². The minimum Gasteiger partial charge on any atom is -0.444 e. The molecule has 0 bridgehead atoms. The van der Waals surface area contributed by atoms with Crippen LogP contribution in [-0.4, -0.2) is 86.1 Å². The van der Waals surface area contributed by atoms with Crippen molar-refractivity contribution < 1.29 is 45.9 Å². The lowest BCUT2D eigenvalue weighted by atomic mass is 9.79. The molecule has 1 aromatic rings. The van der Waals surface area contributed by atoms with E-state index in [-0.39, 0.29) is 57.1 Å². The van der Waals surface area contributed by atoms with Crippen molar-refractivity contribution in [1.29, 1.82) is 0 Å². The largest absolute Gasteiger partial charge is 0.444 e. The first-order chi connectivity index (χ1) is 17.9. The zero-order valence-electron chi connectivity index (χ0n) is 20.6. The molecule has 3 aliphatic heterocycles. The number of piperidine rings is 1. The van der Waals surface area contributed by atoms with Crippen molar-refractivity contribution in [2.24, 2.45) is 5.41 Å². The Bertz CT molecular complexity index is 1170. The van der Waals surface area contributed by atoms with E-state index in [2.05, 4.69) is 0 Å². The van der Waals surface area contributed by atoms with E-state index in [1.165, 1.54) is 29.2 Å². The summed E-state index contributed by atoms with van der Waals surface area (Å²) < 4.78 is 78.7. The summed E-state index contributed by atoms with van der Waals surface area (Å²) >= 11 is 0. The van der Waals surface area contributed by atoms with Crippen LogP contribution in [0.5, 0.6) is 0 Å². The molecular weight excluding hydrogens is 531 g/mol. The lowest BCUT2D eigenvalue weighted by molar-refractivity contribution is -0.141. The van der Waals surface area contributed by atoms with Crippen LogP contribution in [-0.2, 0) is 30.5 Å². The first-order valence-corrected chi connectivity index (χ1v) is 13.9. The smallest absolute Gasteiger partial charge is 0.416 e. The number of hydrogen-bond acceptors (Lipinski definition) is 7. The predicted octanol–water partition coefficient (Wildman–Crippen LogP) is 2.64. The Hall–Kier alpha value is -2.68. The van der Waals surface area contributed by atoms with Gasteiger partial charge in [0.2, 0.25) is 10.0 Å². The van der Waals surface area contributed by atoms with E-state index in [0.717, 1.165) is 10.4 Å². The fraction of sp³-hybridized carbons (Fsp3) is 0.583. The van der Waals surface area contributed by atoms with Crippen molar-refractivity contribution in [2.75, 3.05) is 45.1 Å². The lowest BCUT2D eigenvalue weighted by Gasteiger charge is -2.40. The van der Waals surface area contributed by atoms with E-state index in [9.17, 15) is 36.4 Å². The minimum atomic E-state index is -4.54. The Kier molecular flexibility index (Phi) is 8.35. The molecule has 10 nitrogen and oxygen atoms in total. The third-order valence-electron chi connectivity index (χ3n) is 7.32. The zero-order chi connectivity index (χ0) is 27.6. The van der Waals surface area contributed by atoms with Gasteiger partial charge in [-0.05, 0) is 36.5 Å². The molecule has 210 valence electrons. The molecule has 1 atom stereocenters. The van der Waals surface area contributed by atoms with Gasteiger partial charge in [-0.1, -0.05) is 24.3 Å². The van der Waals surface area contributed by atoms with Crippen LogP contribution in [0.4, 0.5) is 18.0 Å². The average molecular weight is 562 g/mol. The number of alkyl halides is 3. The number of nitrogens with zero attached hydrogens (tertiary/aromatic N) is 2. The average Bonchev–Trinajstić information content (AvgIpc) is 3.41. The number of rotatable bonds is 6. The van der Waals surface area contributed by atoms with Crippen LogP contribution in [0.25, 0.3) is 5.57 Å². The van der Waals surface area contributed by atoms with Gasteiger partial charge < -0.3 is 14.4 Å². The molecule has 1 aromatic carbocycles. The van der Waals surface area contributed by atoms with Gasteiger partial charge in [-0.3, -0.25) is 10.0 Å². The number of hydroxylamine groups is 1. The number of hydrogen-bond donors (Lipinski definition) is 2. The number of sulfonamides is 1. The SMILES string of the molecule is O=C(O[C@H]1CCOC1)N1CCC(CS(=O)(=O)N2CC=C(c3ccccc3C(F)(F)F)CC2)(C(=O)NO)CC1. The molecular formula is C24H30F3N3O7S. The fourth-order valence-corrected chi connectivity index (χ4v) is 7.07. The molecule has 4 rings (SSSR count). The molecule has 14 heteroatoms. The molecule has 3 aliphatic rings. The third kappa shape index (κ3) is 6.14. The van der Waals surface area contributed by atoms with Crippen molar-refractivity contribution in [3.8, 4) is 0 Å². The molecule has 2 amide bonds. The van der Waals surface area contributed by atoms with Crippen LogP contribution in [0.1, 0.15) is 36.8 Å². The van der Waals surface area contributed by atoms with Crippen LogP contribution in [0.15, 0.2) is 30.3 Å². The monoisotopic (exact) mass is 561 g/mol. The number of carbonyl (C=O) groups excluding carboxylic acids is 2. The highest BCUT2D eigenvalue weighted by Crippen LogP contribution is 2.38. The Morgan fingerprint density at radius 2 is 1.89 bits per heavy atom. The number of carbonyl (C=O) groups is 2. The number of ether oxygens (including phenoxy) is 2. The molecule has 0 unspecified atom stereocenters. The van der Waals surface area contributed by atoms with Gasteiger partial charge in [0.1, 0.15) is 6.10 Å². The number of halogens is 3. The maximum atomic E-state index is 13.4. The molecule has 0 saturated carbocycles. The summed E-state index contributed by atoms with van der Waals surface area (Å²) in [6, 6.07) is 5.14. The topological polar surface area (TPSA) is 125 Å². The van der Waals surface area contributed by atoms with E-state index in [1.807, 2.05) is 0 Å². The van der Waals surface area contributed by atoms with E-state index < -0.39 is 44.9 Å². The van der Waals surface area contributed by atoms with Crippen LogP contribution in [0.2, 0.25) is 0 Å². The zero-order valence-corrected chi connectivity index (χ0v) is 21.4. The van der Waals surface area contributed by atoms with E-state index in [4.69, 9.17) is 9.47 Å². The van der Waals surface area contributed by atoms with Gasteiger partial charge in [0.15, 0.2) is 0 Å². The highest BCUT2D eigenvalue weighted by molar-refractivity contribution is 7.89. The Morgan fingerprint density at radius 3 is 2.47 bits per heavy atom. The lowest BCUT2D eigenvalue weighted by Crippen LogP contribution is -2.54. The van der Waals surface area contributed by atoms with Gasteiger partial charge in [-0.25, -0.2) is 18.7 Å². The Morgan fingerprint density at radius 1 is 1.18 bits per heavy atom. The van der Waals surface area contributed by atoms with Crippen molar-refractivity contribution in [3.63, 3.8) is 0 Å². The van der Waals surface area contributed by atoms with Crippen LogP contribution < -0.4 is 5.48 Å². The molecule has 0 spiro atoms. The molecule has 0 aromatic heterocycles. The third-order valence-corrected chi connectivity index (χ3v) is 9.36. The maximum absolute atomic E-state index is 13.4. The van der Waals surface area contributed by atoms with Gasteiger partial charge in [0.05, 0.1) is 29.9 Å². The number of amides is 2. The highest BCUT2D eigenvalue weighted by Gasteiger charge is 2.47. The van der Waals surface area contributed by atoms with Gasteiger partial charge in [0.25, 0.3) is 5.91 Å². The summed E-state index contributed by atoms with van der Waals surface area (Å²) in [5.41, 5.74) is -0.311.